The second kappa shape index (κ2) is 9.05. The number of aromatic nitrogens is 2. The quantitative estimate of drug-likeness (QED) is 0.622. The zero-order chi connectivity index (χ0) is 20.8. The van der Waals surface area contributed by atoms with Crippen LogP contribution in [0.3, 0.4) is 0 Å². The Kier molecular flexibility index (Phi) is 6.29. The highest BCUT2D eigenvalue weighted by Crippen LogP contribution is 2.22. The van der Waals surface area contributed by atoms with E-state index in [1.165, 1.54) is 0 Å². The minimum Gasteiger partial charge on any atom is -0.479 e. The molecule has 1 amide bonds. The van der Waals surface area contributed by atoms with Gasteiger partial charge in [-0.2, -0.15) is 5.10 Å². The fourth-order valence-electron chi connectivity index (χ4n) is 2.83. The molecule has 0 radical (unpaired) electrons. The highest BCUT2D eigenvalue weighted by atomic mass is 16.6. The molecule has 1 aromatic heterocycles. The number of nitrogens with zero attached hydrogens (tertiary/aromatic N) is 2. The van der Waals surface area contributed by atoms with E-state index >= 15 is 0 Å². The first-order valence-corrected chi connectivity index (χ1v) is 9.25. The van der Waals surface area contributed by atoms with E-state index in [0.29, 0.717) is 17.1 Å². The molecule has 0 aliphatic heterocycles. The van der Waals surface area contributed by atoms with Crippen molar-refractivity contribution in [2.24, 2.45) is 0 Å². The van der Waals surface area contributed by atoms with Gasteiger partial charge in [0.05, 0.1) is 22.8 Å². The summed E-state index contributed by atoms with van der Waals surface area (Å²) < 4.78 is 12.3. The average Bonchev–Trinajstić information content (AvgIpc) is 3.01. The molecule has 1 heterocycles. The summed E-state index contributed by atoms with van der Waals surface area (Å²) >= 11 is 0. The van der Waals surface area contributed by atoms with Crippen molar-refractivity contribution in [2.45, 2.75) is 26.9 Å². The number of ether oxygens (including phenoxy) is 2. The van der Waals surface area contributed by atoms with Crippen LogP contribution in [-0.2, 0) is 14.3 Å². The molecule has 29 heavy (non-hydrogen) atoms. The Morgan fingerprint density at radius 2 is 1.66 bits per heavy atom. The van der Waals surface area contributed by atoms with Gasteiger partial charge in [0.1, 0.15) is 5.75 Å². The lowest BCUT2D eigenvalue weighted by Crippen LogP contribution is -2.29. The Morgan fingerprint density at radius 3 is 2.31 bits per heavy atom. The van der Waals surface area contributed by atoms with E-state index in [4.69, 9.17) is 9.47 Å². The number of carbonyl (C=O) groups excluding carboxylic acids is 2. The van der Waals surface area contributed by atoms with Crippen LogP contribution in [0.4, 0.5) is 5.69 Å². The molecular formula is C22H23N3O4. The molecule has 0 fully saturated rings. The molecule has 7 nitrogen and oxygen atoms in total. The minimum atomic E-state index is -0.825. The van der Waals surface area contributed by atoms with Gasteiger partial charge in [0.15, 0.2) is 12.7 Å². The normalized spacial score (nSPS) is 11.6. The summed E-state index contributed by atoms with van der Waals surface area (Å²) in [6.07, 6.45) is -0.825. The van der Waals surface area contributed by atoms with Gasteiger partial charge in [0.2, 0.25) is 0 Å². The van der Waals surface area contributed by atoms with Crippen molar-refractivity contribution in [3.63, 3.8) is 0 Å². The van der Waals surface area contributed by atoms with Crippen molar-refractivity contribution in [3.05, 3.63) is 72.1 Å². The zero-order valence-electron chi connectivity index (χ0n) is 16.6. The average molecular weight is 393 g/mol. The Labute approximate surface area is 169 Å². The monoisotopic (exact) mass is 393 g/mol. The zero-order valence-corrected chi connectivity index (χ0v) is 16.6. The lowest BCUT2D eigenvalue weighted by Gasteiger charge is -2.14. The number of amides is 1. The Bertz CT molecular complexity index is 984. The smallest absolute Gasteiger partial charge is 0.347 e. The maximum Gasteiger partial charge on any atom is 0.347 e. The predicted octanol–water partition coefficient (Wildman–Crippen LogP) is 3.44. The van der Waals surface area contributed by atoms with Crippen LogP contribution in [0.15, 0.2) is 60.7 Å². The Balaban J connectivity index is 1.57. The summed E-state index contributed by atoms with van der Waals surface area (Å²) in [6.45, 7) is 4.84. The van der Waals surface area contributed by atoms with Crippen molar-refractivity contribution in [3.8, 4) is 11.4 Å². The standard InChI is InChI=1S/C22H23N3O4/c1-15-21(16(2)25(24-15)18-10-6-4-7-11-18)23-20(26)14-28-22(27)17(3)29-19-12-8-5-9-13-19/h4-13,17H,14H2,1-3H3,(H,23,26)/t17-/m0/s1. The molecule has 0 unspecified atom stereocenters. The van der Waals surface area contributed by atoms with Crippen LogP contribution in [0.1, 0.15) is 18.3 Å². The van der Waals surface area contributed by atoms with E-state index in [1.807, 2.05) is 50.2 Å². The maximum absolute atomic E-state index is 12.3. The summed E-state index contributed by atoms with van der Waals surface area (Å²) in [5.41, 5.74) is 2.95. The van der Waals surface area contributed by atoms with Crippen LogP contribution >= 0.6 is 0 Å². The second-order valence-corrected chi connectivity index (χ2v) is 6.52. The van der Waals surface area contributed by atoms with E-state index < -0.39 is 24.6 Å². The van der Waals surface area contributed by atoms with Crippen molar-refractivity contribution in [2.75, 3.05) is 11.9 Å². The fourth-order valence-corrected chi connectivity index (χ4v) is 2.83. The number of hydrogen-bond donors (Lipinski definition) is 1. The molecular weight excluding hydrogens is 370 g/mol. The summed E-state index contributed by atoms with van der Waals surface area (Å²) in [6, 6.07) is 18.6. The van der Waals surface area contributed by atoms with Gasteiger partial charge in [-0.15, -0.1) is 0 Å². The third kappa shape index (κ3) is 5.01. The molecule has 2 aromatic carbocycles. The lowest BCUT2D eigenvalue weighted by molar-refractivity contribution is -0.153. The third-order valence-electron chi connectivity index (χ3n) is 4.29. The first kappa shape index (κ1) is 20.1. The summed E-state index contributed by atoms with van der Waals surface area (Å²) in [4.78, 5) is 24.4. The summed E-state index contributed by atoms with van der Waals surface area (Å²) in [5.74, 6) is -0.498. The maximum atomic E-state index is 12.3. The number of rotatable bonds is 7. The van der Waals surface area contributed by atoms with Gasteiger partial charge in [-0.1, -0.05) is 36.4 Å². The van der Waals surface area contributed by atoms with Gasteiger partial charge >= 0.3 is 5.97 Å². The first-order chi connectivity index (χ1) is 14.0. The summed E-state index contributed by atoms with van der Waals surface area (Å²) in [5, 5.41) is 7.25. The fraction of sp³-hybridized carbons (Fsp3) is 0.227. The third-order valence-corrected chi connectivity index (χ3v) is 4.29. The van der Waals surface area contributed by atoms with Crippen molar-refractivity contribution < 1.29 is 19.1 Å². The van der Waals surface area contributed by atoms with Gasteiger partial charge in [-0.3, -0.25) is 4.79 Å². The first-order valence-electron chi connectivity index (χ1n) is 9.25. The predicted molar refractivity (Wildman–Crippen MR) is 109 cm³/mol. The molecule has 7 heteroatoms. The van der Waals surface area contributed by atoms with Crippen LogP contribution in [0.5, 0.6) is 5.75 Å². The van der Waals surface area contributed by atoms with Crippen LogP contribution in [-0.4, -0.2) is 34.4 Å². The second-order valence-electron chi connectivity index (χ2n) is 6.52. The van der Waals surface area contributed by atoms with Crippen LogP contribution in [0.2, 0.25) is 0 Å². The highest BCUT2D eigenvalue weighted by molar-refractivity contribution is 5.94. The Hall–Kier alpha value is -3.61. The number of benzene rings is 2. The number of para-hydroxylation sites is 2. The van der Waals surface area contributed by atoms with Crippen LogP contribution in [0, 0.1) is 13.8 Å². The van der Waals surface area contributed by atoms with E-state index in [-0.39, 0.29) is 0 Å². The van der Waals surface area contributed by atoms with Gasteiger partial charge in [0, 0.05) is 0 Å². The SMILES string of the molecule is Cc1nn(-c2ccccc2)c(C)c1NC(=O)COC(=O)[C@H](C)Oc1ccccc1. The van der Waals surface area contributed by atoms with Crippen molar-refractivity contribution in [1.82, 2.24) is 9.78 Å². The van der Waals surface area contributed by atoms with Crippen LogP contribution in [0.25, 0.3) is 5.69 Å². The van der Waals surface area contributed by atoms with Gasteiger partial charge in [0.25, 0.3) is 5.91 Å². The highest BCUT2D eigenvalue weighted by Gasteiger charge is 2.19. The molecule has 0 saturated heterocycles. The van der Waals surface area contributed by atoms with Gasteiger partial charge < -0.3 is 14.8 Å². The molecule has 0 bridgehead atoms. The largest absolute Gasteiger partial charge is 0.479 e. The Morgan fingerprint density at radius 1 is 1.03 bits per heavy atom. The molecule has 150 valence electrons. The molecule has 3 aromatic rings. The van der Waals surface area contributed by atoms with Gasteiger partial charge in [-0.05, 0) is 45.0 Å². The number of hydrogen-bond acceptors (Lipinski definition) is 5. The molecule has 0 aliphatic rings. The number of aryl methyl sites for hydroxylation is 1. The minimum absolute atomic E-state index is 0.406. The lowest BCUT2D eigenvalue weighted by atomic mass is 10.3. The number of carbonyl (C=O) groups is 2. The molecule has 0 spiro atoms. The molecule has 0 saturated carbocycles. The molecule has 1 atom stereocenters. The topological polar surface area (TPSA) is 82.5 Å². The van der Waals surface area contributed by atoms with E-state index in [2.05, 4.69) is 10.4 Å². The molecule has 0 aliphatic carbocycles. The number of anilines is 1. The molecule has 3 rings (SSSR count). The molecule has 1 N–H and O–H groups in total. The van der Waals surface area contributed by atoms with Crippen LogP contribution < -0.4 is 10.1 Å². The number of nitrogens with one attached hydrogen (secondary N) is 1. The van der Waals surface area contributed by atoms with Crippen molar-refractivity contribution >= 4 is 17.6 Å². The number of esters is 1. The van der Waals surface area contributed by atoms with Gasteiger partial charge in [-0.25, -0.2) is 9.48 Å². The van der Waals surface area contributed by atoms with E-state index in [1.54, 1.807) is 35.9 Å². The van der Waals surface area contributed by atoms with Crippen molar-refractivity contribution in [1.29, 1.82) is 0 Å². The van der Waals surface area contributed by atoms with E-state index in [9.17, 15) is 9.59 Å². The summed E-state index contributed by atoms with van der Waals surface area (Å²) in [7, 11) is 0. The van der Waals surface area contributed by atoms with E-state index in [0.717, 1.165) is 11.4 Å².